The lowest BCUT2D eigenvalue weighted by Crippen LogP contribution is -2.64. The van der Waals surface area contributed by atoms with Gasteiger partial charge in [0.05, 0.1) is 6.61 Å². The van der Waals surface area contributed by atoms with E-state index < -0.39 is 37.3 Å². The molecule has 5 atom stereocenters. The summed E-state index contributed by atoms with van der Waals surface area (Å²) in [7, 11) is 0. The highest BCUT2D eigenvalue weighted by molar-refractivity contribution is 5.73. The molecule has 1 rings (SSSR count). The second-order valence-electron chi connectivity index (χ2n) is 7.49. The molecule has 1 saturated heterocycles. The van der Waals surface area contributed by atoms with E-state index in [1.807, 2.05) is 0 Å². The Morgan fingerprint density at radius 1 is 0.963 bits per heavy atom. The van der Waals surface area contributed by atoms with Crippen LogP contribution in [0.25, 0.3) is 0 Å². The van der Waals surface area contributed by atoms with Crippen LogP contribution in [0.1, 0.15) is 78.1 Å². The van der Waals surface area contributed by atoms with Gasteiger partial charge in [-0.15, -0.1) is 0 Å². The van der Waals surface area contributed by atoms with Crippen LogP contribution in [0, 0.1) is 0 Å². The van der Waals surface area contributed by atoms with Crippen LogP contribution in [-0.2, 0) is 14.3 Å². The number of rotatable bonds is 14. The fraction of sp³-hybridized carbons (Fsp3) is 0.950. The molecule has 0 unspecified atom stereocenters. The van der Waals surface area contributed by atoms with Crippen LogP contribution in [0.2, 0.25) is 0 Å². The second kappa shape index (κ2) is 14.3. The fourth-order valence-electron chi connectivity index (χ4n) is 3.40. The van der Waals surface area contributed by atoms with Gasteiger partial charge in [0, 0.05) is 13.5 Å². The Balaban J connectivity index is 2.23. The summed E-state index contributed by atoms with van der Waals surface area (Å²) >= 11 is 0. The summed E-state index contributed by atoms with van der Waals surface area (Å²) in [4.78, 5) is 11.4. The molecule has 160 valence electrons. The molecule has 4 N–H and O–H groups in total. The van der Waals surface area contributed by atoms with E-state index in [2.05, 4.69) is 12.2 Å². The van der Waals surface area contributed by atoms with Crippen molar-refractivity contribution in [3.05, 3.63) is 0 Å². The number of unbranched alkanes of at least 4 members (excludes halogenated alkanes) is 9. The van der Waals surface area contributed by atoms with Crippen LogP contribution in [0.15, 0.2) is 0 Å². The molecule has 7 heteroatoms. The van der Waals surface area contributed by atoms with Gasteiger partial charge in [0.1, 0.15) is 24.4 Å². The summed E-state index contributed by atoms with van der Waals surface area (Å²) in [5.41, 5.74) is 0. The van der Waals surface area contributed by atoms with Crippen molar-refractivity contribution in [3.63, 3.8) is 0 Å². The van der Waals surface area contributed by atoms with Gasteiger partial charge >= 0.3 is 0 Å². The van der Waals surface area contributed by atoms with Crippen molar-refractivity contribution in [3.8, 4) is 0 Å². The Labute approximate surface area is 163 Å². The summed E-state index contributed by atoms with van der Waals surface area (Å²) in [6.45, 7) is 3.57. The third kappa shape index (κ3) is 9.34. The molecule has 1 amide bonds. The number of hydrogen-bond donors (Lipinski definition) is 4. The highest BCUT2D eigenvalue weighted by atomic mass is 16.7. The number of nitrogens with one attached hydrogen (secondary N) is 1. The van der Waals surface area contributed by atoms with Crippen LogP contribution in [0.3, 0.4) is 0 Å². The summed E-state index contributed by atoms with van der Waals surface area (Å²) in [6.07, 6.45) is 7.87. The average molecular weight is 390 g/mol. The standard InChI is InChI=1S/C20H39NO6/c1-3-4-5-6-7-8-9-10-11-12-13-26-20-17(21-15(2)23)19(25)18(24)16(14-22)27-20/h16-20,22,24-25H,3-14H2,1-2H3,(H,21,23)/t16-,17+,18-,19-,20+/m1/s1. The van der Waals surface area contributed by atoms with Crippen molar-refractivity contribution in [2.45, 2.75) is 109 Å². The first kappa shape index (κ1) is 24.3. The number of carbonyl (C=O) groups excluding carboxylic acids is 1. The fourth-order valence-corrected chi connectivity index (χ4v) is 3.40. The van der Waals surface area contributed by atoms with Gasteiger partial charge in [0.15, 0.2) is 6.29 Å². The molecular formula is C20H39NO6. The van der Waals surface area contributed by atoms with Crippen molar-refractivity contribution in [2.24, 2.45) is 0 Å². The lowest BCUT2D eigenvalue weighted by molar-refractivity contribution is -0.270. The molecule has 1 aliphatic heterocycles. The minimum Gasteiger partial charge on any atom is -0.394 e. The summed E-state index contributed by atoms with van der Waals surface area (Å²) in [5, 5.41) is 32.0. The SMILES string of the molecule is CCCCCCCCCCCCO[C@H]1O[C@H](CO)[C@@H](O)[C@H](O)[C@@H]1NC(C)=O. The molecular weight excluding hydrogens is 350 g/mol. The molecule has 27 heavy (non-hydrogen) atoms. The van der Waals surface area contributed by atoms with Crippen LogP contribution in [0.4, 0.5) is 0 Å². The normalized spacial score (nSPS) is 28.3. The van der Waals surface area contributed by atoms with E-state index in [0.29, 0.717) is 6.61 Å². The van der Waals surface area contributed by atoms with Gasteiger partial charge in [-0.25, -0.2) is 0 Å². The minimum absolute atomic E-state index is 0.343. The quantitative estimate of drug-likeness (QED) is 0.338. The van der Waals surface area contributed by atoms with Crippen molar-refractivity contribution in [1.82, 2.24) is 5.32 Å². The zero-order valence-electron chi connectivity index (χ0n) is 16.9. The Morgan fingerprint density at radius 2 is 1.52 bits per heavy atom. The minimum atomic E-state index is -1.27. The zero-order valence-corrected chi connectivity index (χ0v) is 16.9. The first-order valence-electron chi connectivity index (χ1n) is 10.5. The number of carbonyl (C=O) groups is 1. The summed E-state index contributed by atoms with van der Waals surface area (Å²) in [6, 6.07) is -0.858. The molecule has 0 radical (unpaired) electrons. The molecule has 0 spiro atoms. The Bertz CT molecular complexity index is 395. The number of aliphatic hydroxyl groups is 3. The van der Waals surface area contributed by atoms with Crippen molar-refractivity contribution < 1.29 is 29.6 Å². The van der Waals surface area contributed by atoms with E-state index in [1.165, 1.54) is 58.3 Å². The number of aliphatic hydroxyl groups excluding tert-OH is 3. The van der Waals surface area contributed by atoms with E-state index in [9.17, 15) is 20.1 Å². The molecule has 0 bridgehead atoms. The predicted molar refractivity (Wildman–Crippen MR) is 103 cm³/mol. The lowest BCUT2D eigenvalue weighted by atomic mass is 9.97. The van der Waals surface area contributed by atoms with Crippen molar-refractivity contribution in [1.29, 1.82) is 0 Å². The molecule has 0 aliphatic carbocycles. The van der Waals surface area contributed by atoms with Crippen LogP contribution in [-0.4, -0.2) is 65.1 Å². The van der Waals surface area contributed by atoms with Crippen molar-refractivity contribution >= 4 is 5.91 Å². The topological polar surface area (TPSA) is 108 Å². The monoisotopic (exact) mass is 389 g/mol. The van der Waals surface area contributed by atoms with Gasteiger partial charge in [0.2, 0.25) is 5.91 Å². The molecule has 1 heterocycles. The van der Waals surface area contributed by atoms with E-state index in [4.69, 9.17) is 9.47 Å². The zero-order chi connectivity index (χ0) is 20.1. The molecule has 0 aromatic rings. The van der Waals surface area contributed by atoms with E-state index >= 15 is 0 Å². The van der Waals surface area contributed by atoms with Crippen LogP contribution >= 0.6 is 0 Å². The van der Waals surface area contributed by atoms with Gasteiger partial charge in [-0.1, -0.05) is 64.7 Å². The average Bonchev–Trinajstić information content (AvgIpc) is 2.64. The molecule has 0 saturated carbocycles. The maximum absolute atomic E-state index is 11.4. The summed E-state index contributed by atoms with van der Waals surface area (Å²) in [5.74, 6) is -0.343. The molecule has 7 nitrogen and oxygen atoms in total. The predicted octanol–water partition coefficient (Wildman–Crippen LogP) is 1.87. The van der Waals surface area contributed by atoms with Gasteiger partial charge in [-0.2, -0.15) is 0 Å². The van der Waals surface area contributed by atoms with Gasteiger partial charge in [-0.3, -0.25) is 4.79 Å². The van der Waals surface area contributed by atoms with E-state index in [1.54, 1.807) is 0 Å². The lowest BCUT2D eigenvalue weighted by Gasteiger charge is -2.42. The number of ether oxygens (including phenoxy) is 2. The number of hydrogen-bond acceptors (Lipinski definition) is 6. The van der Waals surface area contributed by atoms with E-state index in [-0.39, 0.29) is 5.91 Å². The highest BCUT2D eigenvalue weighted by Gasteiger charge is 2.45. The maximum atomic E-state index is 11.4. The second-order valence-corrected chi connectivity index (χ2v) is 7.49. The summed E-state index contributed by atoms with van der Waals surface area (Å²) < 4.78 is 11.2. The first-order valence-corrected chi connectivity index (χ1v) is 10.5. The smallest absolute Gasteiger partial charge is 0.217 e. The van der Waals surface area contributed by atoms with Gasteiger partial charge < -0.3 is 30.1 Å². The van der Waals surface area contributed by atoms with Gasteiger partial charge in [-0.05, 0) is 6.42 Å². The van der Waals surface area contributed by atoms with Crippen LogP contribution in [0.5, 0.6) is 0 Å². The Hall–Kier alpha value is -0.730. The van der Waals surface area contributed by atoms with E-state index in [0.717, 1.165) is 12.8 Å². The number of amides is 1. The molecule has 0 aromatic heterocycles. The molecule has 1 fully saturated rings. The maximum Gasteiger partial charge on any atom is 0.217 e. The molecule has 0 aromatic carbocycles. The van der Waals surface area contributed by atoms with Crippen LogP contribution < -0.4 is 5.32 Å². The van der Waals surface area contributed by atoms with Crippen molar-refractivity contribution in [2.75, 3.05) is 13.2 Å². The molecule has 1 aliphatic rings. The third-order valence-corrected chi connectivity index (χ3v) is 5.03. The Morgan fingerprint density at radius 3 is 2.04 bits per heavy atom. The third-order valence-electron chi connectivity index (χ3n) is 5.03. The largest absolute Gasteiger partial charge is 0.394 e. The Kier molecular flexibility index (Phi) is 12.9. The highest BCUT2D eigenvalue weighted by Crippen LogP contribution is 2.22. The first-order chi connectivity index (χ1) is 13.0. The van der Waals surface area contributed by atoms with Gasteiger partial charge in [0.25, 0.3) is 0 Å².